The molecule has 22 heteroatoms. The summed E-state index contributed by atoms with van der Waals surface area (Å²) in [6, 6.07) is 33.8. The number of benzene rings is 6. The lowest BCUT2D eigenvalue weighted by molar-refractivity contribution is -0.248. The maximum atomic E-state index is 11.7. The zero-order valence-electron chi connectivity index (χ0n) is 50.1. The van der Waals surface area contributed by atoms with Crippen molar-refractivity contribution in [2.75, 3.05) is 39.9 Å². The molecule has 1 fully saturated rings. The third kappa shape index (κ3) is 11.0. The van der Waals surface area contributed by atoms with Crippen molar-refractivity contribution in [3.05, 3.63) is 159 Å². The van der Waals surface area contributed by atoms with E-state index in [0.717, 1.165) is 109 Å². The summed E-state index contributed by atoms with van der Waals surface area (Å²) >= 11 is 0. The van der Waals surface area contributed by atoms with E-state index in [2.05, 4.69) is 86.7 Å². The van der Waals surface area contributed by atoms with E-state index in [9.17, 15) is 25.2 Å². The van der Waals surface area contributed by atoms with E-state index < -0.39 is 36.6 Å². The molecule has 2 aromatic heterocycles. The second kappa shape index (κ2) is 24.3. The maximum absolute atomic E-state index is 11.7. The van der Waals surface area contributed by atoms with Gasteiger partial charge in [0.15, 0.2) is 58.4 Å². The van der Waals surface area contributed by atoms with Crippen molar-refractivity contribution >= 4 is 63.0 Å². The molecule has 0 radical (unpaired) electrons. The monoisotopic (exact) mass is 1190 g/mol. The minimum Gasteiger partial charge on any atom is -0.493 e. The van der Waals surface area contributed by atoms with E-state index in [-0.39, 0.29) is 11.8 Å². The number of aliphatic hydroxyl groups excluding tert-OH is 3. The molecule has 7 N–H and O–H groups in total. The van der Waals surface area contributed by atoms with Gasteiger partial charge in [-0.1, -0.05) is 36.4 Å². The molecule has 22 nitrogen and oxygen atoms in total. The average molecular weight is 1190 g/mol. The van der Waals surface area contributed by atoms with Gasteiger partial charge in [-0.05, 0) is 148 Å². The van der Waals surface area contributed by atoms with Crippen LogP contribution in [0, 0.1) is 39.5 Å². The summed E-state index contributed by atoms with van der Waals surface area (Å²) in [7, 11) is 4.71. The highest BCUT2D eigenvalue weighted by molar-refractivity contribution is 6.23. The number of methoxy groups -OCH3 is 3. The fourth-order valence-corrected chi connectivity index (χ4v) is 12.1. The lowest BCUT2D eigenvalue weighted by Gasteiger charge is -2.39. The Balaban J connectivity index is 0.000000131. The number of ether oxygens (including phenoxy) is 6. The molecule has 6 aromatic carbocycles. The van der Waals surface area contributed by atoms with Crippen LogP contribution in [0.3, 0.4) is 0 Å². The van der Waals surface area contributed by atoms with Gasteiger partial charge in [-0.15, -0.1) is 0 Å². The summed E-state index contributed by atoms with van der Waals surface area (Å²) in [6.07, 6.45) is -6.21. The van der Waals surface area contributed by atoms with Crippen molar-refractivity contribution in [1.82, 2.24) is 25.6 Å². The van der Waals surface area contributed by atoms with Crippen LogP contribution in [-0.2, 0) is 28.8 Å². The number of aliphatic imine (C=N–C) groups is 2. The highest BCUT2D eigenvalue weighted by atomic mass is 16.6. The Morgan fingerprint density at radius 1 is 0.659 bits per heavy atom. The number of amidine groups is 2. The van der Waals surface area contributed by atoms with Crippen LogP contribution in [0.1, 0.15) is 76.0 Å². The molecule has 7 atom stereocenters. The Morgan fingerprint density at radius 2 is 1.23 bits per heavy atom. The number of aliphatic carboxylic acids is 1. The van der Waals surface area contributed by atoms with Gasteiger partial charge in [0.25, 0.3) is 0 Å². The normalized spacial score (nSPS) is 21.4. The lowest BCUT2D eigenvalue weighted by atomic mass is 9.98. The predicted molar refractivity (Wildman–Crippen MR) is 332 cm³/mol. The van der Waals surface area contributed by atoms with Gasteiger partial charge in [-0.25, -0.2) is 24.4 Å². The molecule has 2 unspecified atom stereocenters. The number of aromatic nitrogens is 3. The summed E-state index contributed by atoms with van der Waals surface area (Å²) < 4.78 is 40.7. The number of hydrazone groups is 2. The van der Waals surface area contributed by atoms with Crippen LogP contribution in [0.4, 0.5) is 22.9 Å². The van der Waals surface area contributed by atoms with Crippen LogP contribution >= 0.6 is 0 Å². The SMILES string of the molecule is CCOc1cc2c(cc1OCC)C1=NNC(=Nc3cccc(C)c3)C1C2.COc1cc2c(c3nc(C)oc13)CC1C(=Nc3cccc(C)c3)NN=C21.COc1cc2c(cc1OC)-c1c(c(Nc3cccc(C)c3)nn1[C@@H]1O[C@H](C(=O)O)[C@@H](O)[C@H](O)[C@H]1O)C2. The number of carboxylic acids is 1. The van der Waals surface area contributed by atoms with Crippen LogP contribution in [-0.4, -0.2) is 123 Å². The Labute approximate surface area is 507 Å². The lowest BCUT2D eigenvalue weighted by Crippen LogP contribution is -2.58. The van der Waals surface area contributed by atoms with E-state index >= 15 is 0 Å². The zero-order chi connectivity index (χ0) is 61.7. The summed E-state index contributed by atoms with van der Waals surface area (Å²) in [5, 5.41) is 58.0. The molecule has 5 heterocycles. The van der Waals surface area contributed by atoms with Crippen molar-refractivity contribution in [1.29, 1.82) is 0 Å². The molecular weight excluding hydrogens is 1120 g/mol. The van der Waals surface area contributed by atoms with Crippen molar-refractivity contribution < 1.29 is 58.1 Å². The molecule has 1 saturated heterocycles. The fourth-order valence-electron chi connectivity index (χ4n) is 12.1. The number of anilines is 2. The van der Waals surface area contributed by atoms with Crippen LogP contribution in [0.15, 0.2) is 128 Å². The van der Waals surface area contributed by atoms with Gasteiger partial charge < -0.3 is 58.6 Å². The molecule has 88 heavy (non-hydrogen) atoms. The number of aryl methyl sites for hydroxylation is 4. The largest absolute Gasteiger partial charge is 0.493 e. The molecule has 6 aliphatic rings. The van der Waals surface area contributed by atoms with Gasteiger partial charge in [-0.3, -0.25) is 10.9 Å². The minimum absolute atomic E-state index is 0.109. The Hall–Kier alpha value is -9.61. The van der Waals surface area contributed by atoms with Gasteiger partial charge in [0, 0.05) is 41.3 Å². The zero-order valence-corrected chi connectivity index (χ0v) is 50.1. The van der Waals surface area contributed by atoms with Gasteiger partial charge >= 0.3 is 5.97 Å². The first-order valence-electron chi connectivity index (χ1n) is 29.1. The first-order valence-corrected chi connectivity index (χ1v) is 29.1. The summed E-state index contributed by atoms with van der Waals surface area (Å²) in [6.45, 7) is 13.1. The molecule has 454 valence electrons. The first kappa shape index (κ1) is 58.8. The number of carbonyl (C=O) groups is 1. The second-order valence-corrected chi connectivity index (χ2v) is 22.2. The molecule has 3 aliphatic carbocycles. The Kier molecular flexibility index (Phi) is 16.2. The summed E-state index contributed by atoms with van der Waals surface area (Å²) in [5.74, 6) is 4.99. The number of hydrogen-bond donors (Lipinski definition) is 7. The van der Waals surface area contributed by atoms with Crippen molar-refractivity contribution in [3.8, 4) is 40.0 Å². The van der Waals surface area contributed by atoms with Gasteiger partial charge in [0.1, 0.15) is 35.5 Å². The number of hydrogen-bond acceptors (Lipinski definition) is 18. The van der Waals surface area contributed by atoms with Crippen LogP contribution in [0.5, 0.6) is 28.7 Å². The molecule has 0 spiro atoms. The van der Waals surface area contributed by atoms with E-state index in [1.54, 1.807) is 20.3 Å². The van der Waals surface area contributed by atoms with Crippen LogP contribution < -0.4 is 39.9 Å². The van der Waals surface area contributed by atoms with Crippen molar-refractivity contribution in [3.63, 3.8) is 0 Å². The number of fused-ring (bicyclic) bond motifs is 11. The standard InChI is InChI=1S/C25H27N3O8.C21H23N3O2.C20H18N4O2/c1-11-5-4-6-13(7-11)26-23-15-8-12-9-16(34-2)17(35-3)10-14(12)18(15)28(27-23)24-21(31)19(29)20(30)22(36-24)25(32)33;1-4-25-18-11-14-10-17-20(16(14)12-19(18)26-5-2)23-24-21(17)22-15-8-6-7-13(3)9-15;1-10-5-4-6-12(7-10)22-20-15-8-13-14(17(15)23-24-20)9-16(25-3)19-18(13)21-11(2)26-19/h4-7,9-10,19-22,24,29-31H,8H2,1-3H3,(H,26,27)(H,32,33);6-9,11-12,17H,4-5,10H2,1-3H3,(H,22,24);4-7,9,15H,8H2,1-3H3,(H,22,24)/t19-,20-,21+,22-,24+;;/m0../s1. The topological polar surface area (TPSA) is 283 Å². The van der Waals surface area contributed by atoms with E-state index in [0.29, 0.717) is 59.9 Å². The fraction of sp³-hybridized carbons (Fsp3) is 0.318. The second-order valence-electron chi connectivity index (χ2n) is 22.2. The Bertz CT molecular complexity index is 4170. The van der Waals surface area contributed by atoms with E-state index in [1.807, 2.05) is 88.4 Å². The van der Waals surface area contributed by atoms with Crippen LogP contribution in [0.25, 0.3) is 22.4 Å². The maximum Gasteiger partial charge on any atom is 0.335 e. The summed E-state index contributed by atoms with van der Waals surface area (Å²) in [4.78, 5) is 25.9. The first-order chi connectivity index (χ1) is 42.6. The Morgan fingerprint density at radius 3 is 1.84 bits per heavy atom. The molecule has 3 aliphatic heterocycles. The third-order valence-corrected chi connectivity index (χ3v) is 16.2. The quantitative estimate of drug-likeness (QED) is 0.0566. The van der Waals surface area contributed by atoms with E-state index in [4.69, 9.17) is 42.8 Å². The van der Waals surface area contributed by atoms with Crippen molar-refractivity contribution in [2.45, 2.75) is 91.4 Å². The molecule has 0 bridgehead atoms. The molecule has 8 aromatic rings. The van der Waals surface area contributed by atoms with Crippen LogP contribution in [0.2, 0.25) is 0 Å². The average Bonchev–Trinajstić information content (AvgIpc) is 1.71. The minimum atomic E-state index is -1.81. The number of nitrogens with one attached hydrogen (secondary N) is 3. The number of carboxylic acid groups (broad SMARTS) is 1. The van der Waals surface area contributed by atoms with E-state index in [1.165, 1.54) is 28.5 Å². The number of oxazole rings is 1. The third-order valence-electron chi connectivity index (χ3n) is 16.2. The van der Waals surface area contributed by atoms with Gasteiger partial charge in [0.05, 0.1) is 74.9 Å². The molecule has 0 amide bonds. The number of rotatable bonds is 13. The van der Waals surface area contributed by atoms with Gasteiger partial charge in [-0.2, -0.15) is 15.3 Å². The molecular formula is C66H68N10O12. The number of nitrogens with zero attached hydrogens (tertiary/aromatic N) is 7. The highest BCUT2D eigenvalue weighted by Crippen LogP contribution is 2.48. The predicted octanol–water partition coefficient (Wildman–Crippen LogP) is 9.25. The molecule has 14 rings (SSSR count). The molecule has 0 saturated carbocycles. The summed E-state index contributed by atoms with van der Waals surface area (Å²) in [5.41, 5.74) is 23.5. The van der Waals surface area contributed by atoms with Gasteiger partial charge in [0.2, 0.25) is 0 Å². The highest BCUT2D eigenvalue weighted by Gasteiger charge is 2.50. The van der Waals surface area contributed by atoms with Crippen molar-refractivity contribution in [2.24, 2.45) is 32.0 Å². The number of aliphatic hydroxyl groups is 3. The smallest absolute Gasteiger partial charge is 0.335 e.